The van der Waals surface area contributed by atoms with Crippen LogP contribution in [0.5, 0.6) is 0 Å². The van der Waals surface area contributed by atoms with Crippen molar-refractivity contribution in [1.29, 1.82) is 0 Å². The van der Waals surface area contributed by atoms with Gasteiger partial charge in [-0.05, 0) is 49.4 Å². The van der Waals surface area contributed by atoms with E-state index >= 15 is 0 Å². The lowest BCUT2D eigenvalue weighted by molar-refractivity contribution is 0.0577. The van der Waals surface area contributed by atoms with Crippen LogP contribution in [-0.4, -0.2) is 41.8 Å². The molecule has 1 aliphatic heterocycles. The van der Waals surface area contributed by atoms with Crippen LogP contribution in [0.4, 0.5) is 0 Å². The summed E-state index contributed by atoms with van der Waals surface area (Å²) in [6.07, 6.45) is 6.63. The van der Waals surface area contributed by atoms with Crippen molar-refractivity contribution in [2.75, 3.05) is 26.8 Å². The van der Waals surface area contributed by atoms with E-state index in [9.17, 15) is 0 Å². The molecular formula is C16H25N3O2. The van der Waals surface area contributed by atoms with Gasteiger partial charge in [0.1, 0.15) is 0 Å². The lowest BCUT2D eigenvalue weighted by Gasteiger charge is -2.45. The SMILES string of the molecule is COCCc1noc(CN2C[C@@H]3C4CCC(CC4)[C@@H]3C2)n1. The molecule has 116 valence electrons. The Morgan fingerprint density at radius 1 is 1.14 bits per heavy atom. The van der Waals surface area contributed by atoms with E-state index in [1.807, 2.05) is 0 Å². The first-order valence-electron chi connectivity index (χ1n) is 8.36. The standard InChI is InChI=1S/C16H25N3O2/c1-20-7-6-15-17-16(21-18-15)10-19-8-13-11-2-3-12(5-4-11)14(13)9-19/h11-14H,2-10H2,1H3/t11?,12?,13-,14+. The third-order valence-electron chi connectivity index (χ3n) is 5.91. The van der Waals surface area contributed by atoms with Gasteiger partial charge in [0.2, 0.25) is 5.89 Å². The molecule has 0 amide bonds. The maximum atomic E-state index is 5.39. The van der Waals surface area contributed by atoms with Gasteiger partial charge in [0.05, 0.1) is 13.2 Å². The summed E-state index contributed by atoms with van der Waals surface area (Å²) in [6, 6.07) is 0. The van der Waals surface area contributed by atoms with Crippen LogP contribution in [0.1, 0.15) is 37.4 Å². The van der Waals surface area contributed by atoms with Gasteiger partial charge in [-0.1, -0.05) is 5.16 Å². The zero-order valence-corrected chi connectivity index (χ0v) is 12.8. The molecule has 3 aliphatic carbocycles. The van der Waals surface area contributed by atoms with E-state index in [0.29, 0.717) is 6.61 Å². The molecule has 4 fully saturated rings. The summed E-state index contributed by atoms with van der Waals surface area (Å²) >= 11 is 0. The molecule has 0 radical (unpaired) electrons. The normalized spacial score (nSPS) is 35.3. The molecule has 1 saturated heterocycles. The molecule has 2 heterocycles. The molecule has 2 bridgehead atoms. The topological polar surface area (TPSA) is 51.4 Å². The molecule has 0 aromatic carbocycles. The largest absolute Gasteiger partial charge is 0.384 e. The molecule has 0 N–H and O–H groups in total. The Hall–Kier alpha value is -0.940. The molecule has 0 unspecified atom stereocenters. The number of hydrogen-bond donors (Lipinski definition) is 0. The summed E-state index contributed by atoms with van der Waals surface area (Å²) in [6.45, 7) is 3.95. The van der Waals surface area contributed by atoms with Crippen LogP contribution in [0.3, 0.4) is 0 Å². The maximum absolute atomic E-state index is 5.39. The van der Waals surface area contributed by atoms with Crippen molar-refractivity contribution in [2.45, 2.75) is 38.6 Å². The van der Waals surface area contributed by atoms with Crippen molar-refractivity contribution in [3.05, 3.63) is 11.7 Å². The molecule has 21 heavy (non-hydrogen) atoms. The average molecular weight is 291 g/mol. The Kier molecular flexibility index (Phi) is 3.71. The van der Waals surface area contributed by atoms with Gasteiger partial charge in [-0.3, -0.25) is 4.90 Å². The van der Waals surface area contributed by atoms with E-state index in [1.165, 1.54) is 38.8 Å². The number of fused-ring (bicyclic) bond motifs is 2. The highest BCUT2D eigenvalue weighted by Gasteiger charge is 2.48. The zero-order valence-electron chi connectivity index (χ0n) is 12.8. The predicted molar refractivity (Wildman–Crippen MR) is 77.6 cm³/mol. The second kappa shape index (κ2) is 5.69. The van der Waals surface area contributed by atoms with Crippen LogP contribution >= 0.6 is 0 Å². The van der Waals surface area contributed by atoms with Gasteiger partial charge in [0.15, 0.2) is 5.82 Å². The van der Waals surface area contributed by atoms with Crippen LogP contribution in [0.25, 0.3) is 0 Å². The maximum Gasteiger partial charge on any atom is 0.240 e. The summed E-state index contributed by atoms with van der Waals surface area (Å²) in [5.74, 6) is 5.40. The monoisotopic (exact) mass is 291 g/mol. The molecule has 1 aromatic rings. The summed E-state index contributed by atoms with van der Waals surface area (Å²) < 4.78 is 10.4. The fourth-order valence-corrected chi connectivity index (χ4v) is 4.91. The second-order valence-electron chi connectivity index (χ2n) is 7.04. The van der Waals surface area contributed by atoms with Crippen LogP contribution in [0.2, 0.25) is 0 Å². The first kappa shape index (κ1) is 13.7. The number of likely N-dealkylation sites (tertiary alicyclic amines) is 1. The van der Waals surface area contributed by atoms with E-state index in [0.717, 1.165) is 48.4 Å². The predicted octanol–water partition coefficient (Wildman–Crippen LogP) is 2.13. The number of ether oxygens (including phenoxy) is 1. The van der Waals surface area contributed by atoms with Crippen molar-refractivity contribution >= 4 is 0 Å². The number of aromatic nitrogens is 2. The number of rotatable bonds is 5. The summed E-state index contributed by atoms with van der Waals surface area (Å²) in [5.41, 5.74) is 0. The lowest BCUT2D eigenvalue weighted by atomic mass is 9.60. The van der Waals surface area contributed by atoms with Gasteiger partial charge in [0, 0.05) is 26.6 Å². The summed E-state index contributed by atoms with van der Waals surface area (Å²) in [4.78, 5) is 7.02. The number of nitrogens with zero attached hydrogens (tertiary/aromatic N) is 3. The van der Waals surface area contributed by atoms with E-state index in [2.05, 4.69) is 15.0 Å². The zero-order chi connectivity index (χ0) is 14.2. The van der Waals surface area contributed by atoms with Gasteiger partial charge in [-0.25, -0.2) is 0 Å². The molecule has 4 aliphatic rings. The van der Waals surface area contributed by atoms with Gasteiger partial charge < -0.3 is 9.26 Å². The minimum Gasteiger partial charge on any atom is -0.384 e. The van der Waals surface area contributed by atoms with E-state index < -0.39 is 0 Å². The van der Waals surface area contributed by atoms with Crippen LogP contribution in [0, 0.1) is 23.7 Å². The fraction of sp³-hybridized carbons (Fsp3) is 0.875. The third-order valence-corrected chi connectivity index (χ3v) is 5.91. The highest BCUT2D eigenvalue weighted by molar-refractivity contribution is 4.99. The van der Waals surface area contributed by atoms with E-state index in [4.69, 9.17) is 9.26 Å². The Morgan fingerprint density at radius 2 is 1.81 bits per heavy atom. The van der Waals surface area contributed by atoms with Crippen molar-refractivity contribution in [3.63, 3.8) is 0 Å². The Bertz CT molecular complexity index is 462. The molecule has 0 spiro atoms. The fourth-order valence-electron chi connectivity index (χ4n) is 4.91. The minimum atomic E-state index is 0.649. The second-order valence-corrected chi connectivity index (χ2v) is 7.04. The van der Waals surface area contributed by atoms with Crippen LogP contribution < -0.4 is 0 Å². The Balaban J connectivity index is 1.37. The van der Waals surface area contributed by atoms with Gasteiger partial charge >= 0.3 is 0 Å². The van der Waals surface area contributed by atoms with Crippen molar-refractivity contribution < 1.29 is 9.26 Å². The van der Waals surface area contributed by atoms with Gasteiger partial charge in [-0.15, -0.1) is 0 Å². The molecule has 3 saturated carbocycles. The number of methoxy groups -OCH3 is 1. The molecule has 1 aromatic heterocycles. The summed E-state index contributed by atoms with van der Waals surface area (Å²) in [7, 11) is 1.70. The van der Waals surface area contributed by atoms with Crippen LogP contribution in [-0.2, 0) is 17.7 Å². The Labute approximate surface area is 126 Å². The van der Waals surface area contributed by atoms with Crippen molar-refractivity contribution in [1.82, 2.24) is 15.0 Å². The van der Waals surface area contributed by atoms with E-state index in [1.54, 1.807) is 7.11 Å². The van der Waals surface area contributed by atoms with E-state index in [-0.39, 0.29) is 0 Å². The summed E-state index contributed by atoms with van der Waals surface area (Å²) in [5, 5.41) is 4.04. The first-order chi connectivity index (χ1) is 10.3. The number of hydrogen-bond acceptors (Lipinski definition) is 5. The minimum absolute atomic E-state index is 0.649. The molecular weight excluding hydrogens is 266 g/mol. The molecule has 5 rings (SSSR count). The smallest absolute Gasteiger partial charge is 0.240 e. The Morgan fingerprint density at radius 3 is 2.43 bits per heavy atom. The van der Waals surface area contributed by atoms with Crippen LogP contribution in [0.15, 0.2) is 4.52 Å². The quantitative estimate of drug-likeness (QED) is 0.832. The van der Waals surface area contributed by atoms with Gasteiger partial charge in [-0.2, -0.15) is 4.98 Å². The highest BCUT2D eigenvalue weighted by atomic mass is 16.5. The van der Waals surface area contributed by atoms with Crippen molar-refractivity contribution in [3.8, 4) is 0 Å². The third kappa shape index (κ3) is 2.61. The molecule has 2 atom stereocenters. The molecule has 5 heteroatoms. The average Bonchev–Trinajstić information content (AvgIpc) is 3.14. The molecule has 5 nitrogen and oxygen atoms in total. The highest BCUT2D eigenvalue weighted by Crippen LogP contribution is 2.51. The van der Waals surface area contributed by atoms with Crippen molar-refractivity contribution in [2.24, 2.45) is 23.7 Å². The first-order valence-corrected chi connectivity index (χ1v) is 8.36. The van der Waals surface area contributed by atoms with Gasteiger partial charge in [0.25, 0.3) is 0 Å². The lowest BCUT2D eigenvalue weighted by Crippen LogP contribution is -2.38.